The zero-order valence-electron chi connectivity index (χ0n) is 20.4. The molecule has 0 bridgehead atoms. The highest BCUT2D eigenvalue weighted by molar-refractivity contribution is 5.75. The molecule has 0 aromatic carbocycles. The molecule has 1 heterocycles. The number of pyridine rings is 1. The number of hydrogen-bond acceptors (Lipinski definition) is 3. The van der Waals surface area contributed by atoms with Gasteiger partial charge in [0.15, 0.2) is 0 Å². The molecule has 0 radical (unpaired) electrons. The quantitative estimate of drug-likeness (QED) is 0.195. The maximum atomic E-state index is 12.5. The van der Waals surface area contributed by atoms with Gasteiger partial charge in [-0.2, -0.15) is 0 Å². The van der Waals surface area contributed by atoms with Gasteiger partial charge >= 0.3 is 5.97 Å². The molecule has 1 aliphatic carbocycles. The molecule has 0 spiro atoms. The molecule has 176 valence electrons. The molecule has 2 rings (SSSR count). The molecule has 0 aliphatic heterocycles. The zero-order chi connectivity index (χ0) is 22.2. The molecule has 1 aromatic heterocycles. The standard InChI is InChI=1S/C28H47NO2/c1-3-5-7-8-9-10-11-12-13-14-15-24-17-19-25(20-18-24)28(30)31-27-22-21-26(29-23-27)16-6-4-2/h21-25H,3-20H2,1-2H3/t24-,25-. The summed E-state index contributed by atoms with van der Waals surface area (Å²) in [4.78, 5) is 17.0. The van der Waals surface area contributed by atoms with Crippen LogP contribution >= 0.6 is 0 Å². The minimum absolute atomic E-state index is 0.0551. The molecule has 3 heteroatoms. The van der Waals surface area contributed by atoms with Crippen LogP contribution in [0.4, 0.5) is 0 Å². The van der Waals surface area contributed by atoms with Crippen LogP contribution in [-0.2, 0) is 11.2 Å². The van der Waals surface area contributed by atoms with Crippen LogP contribution in [0.3, 0.4) is 0 Å². The number of nitrogens with zero attached hydrogens (tertiary/aromatic N) is 1. The third-order valence-corrected chi connectivity index (χ3v) is 6.95. The number of rotatable bonds is 16. The lowest BCUT2D eigenvalue weighted by Crippen LogP contribution is -2.25. The Morgan fingerprint density at radius 2 is 1.45 bits per heavy atom. The second-order valence-electron chi connectivity index (χ2n) is 9.70. The van der Waals surface area contributed by atoms with Gasteiger partial charge in [-0.15, -0.1) is 0 Å². The largest absolute Gasteiger partial charge is 0.425 e. The van der Waals surface area contributed by atoms with E-state index < -0.39 is 0 Å². The van der Waals surface area contributed by atoms with Gasteiger partial charge in [0, 0.05) is 5.69 Å². The fourth-order valence-corrected chi connectivity index (χ4v) is 4.78. The van der Waals surface area contributed by atoms with Crippen molar-refractivity contribution in [2.75, 3.05) is 0 Å². The molecule has 0 atom stereocenters. The van der Waals surface area contributed by atoms with Gasteiger partial charge in [-0.1, -0.05) is 90.9 Å². The second-order valence-corrected chi connectivity index (χ2v) is 9.70. The summed E-state index contributed by atoms with van der Waals surface area (Å²) < 4.78 is 5.61. The van der Waals surface area contributed by atoms with Crippen LogP contribution in [0.1, 0.15) is 129 Å². The first-order chi connectivity index (χ1) is 15.2. The average molecular weight is 430 g/mol. The number of esters is 1. The summed E-state index contributed by atoms with van der Waals surface area (Å²) in [7, 11) is 0. The molecule has 0 N–H and O–H groups in total. The van der Waals surface area contributed by atoms with E-state index in [4.69, 9.17) is 4.74 Å². The van der Waals surface area contributed by atoms with Crippen LogP contribution in [0.25, 0.3) is 0 Å². The van der Waals surface area contributed by atoms with Crippen molar-refractivity contribution in [1.82, 2.24) is 4.98 Å². The van der Waals surface area contributed by atoms with Crippen molar-refractivity contribution in [2.45, 2.75) is 129 Å². The Morgan fingerprint density at radius 1 is 0.839 bits per heavy atom. The lowest BCUT2D eigenvalue weighted by molar-refractivity contribution is -0.140. The normalized spacial score (nSPS) is 18.8. The van der Waals surface area contributed by atoms with Gasteiger partial charge in [-0.05, 0) is 56.6 Å². The predicted molar refractivity (Wildman–Crippen MR) is 130 cm³/mol. The van der Waals surface area contributed by atoms with Crippen molar-refractivity contribution >= 4 is 5.97 Å². The maximum Gasteiger partial charge on any atom is 0.314 e. The van der Waals surface area contributed by atoms with Gasteiger partial charge < -0.3 is 4.74 Å². The molecule has 1 saturated carbocycles. The fraction of sp³-hybridized carbons (Fsp3) is 0.786. The van der Waals surface area contributed by atoms with Crippen LogP contribution < -0.4 is 4.74 Å². The summed E-state index contributed by atoms with van der Waals surface area (Å²) in [6, 6.07) is 3.88. The van der Waals surface area contributed by atoms with Gasteiger partial charge in [-0.25, -0.2) is 0 Å². The van der Waals surface area contributed by atoms with E-state index in [9.17, 15) is 4.79 Å². The molecule has 3 nitrogen and oxygen atoms in total. The van der Waals surface area contributed by atoms with E-state index in [1.807, 2.05) is 12.1 Å². The Balaban J connectivity index is 1.51. The van der Waals surface area contributed by atoms with E-state index in [1.165, 1.54) is 89.9 Å². The topological polar surface area (TPSA) is 39.2 Å². The second kappa shape index (κ2) is 16.3. The molecule has 1 aromatic rings. The van der Waals surface area contributed by atoms with Gasteiger partial charge in [0.2, 0.25) is 0 Å². The number of hydrogen-bond donors (Lipinski definition) is 0. The lowest BCUT2D eigenvalue weighted by Gasteiger charge is -2.27. The van der Waals surface area contributed by atoms with Crippen LogP contribution in [-0.4, -0.2) is 11.0 Å². The molecule has 0 unspecified atom stereocenters. The smallest absolute Gasteiger partial charge is 0.314 e. The minimum Gasteiger partial charge on any atom is -0.425 e. The minimum atomic E-state index is -0.0551. The van der Waals surface area contributed by atoms with Crippen LogP contribution in [0.2, 0.25) is 0 Å². The molecule has 0 saturated heterocycles. The number of ether oxygens (including phenoxy) is 1. The van der Waals surface area contributed by atoms with Crippen molar-refractivity contribution in [3.05, 3.63) is 24.0 Å². The van der Waals surface area contributed by atoms with E-state index in [-0.39, 0.29) is 11.9 Å². The Morgan fingerprint density at radius 3 is 2.03 bits per heavy atom. The molecule has 1 fully saturated rings. The highest BCUT2D eigenvalue weighted by Gasteiger charge is 2.27. The Bertz CT molecular complexity index is 575. The van der Waals surface area contributed by atoms with Crippen molar-refractivity contribution in [3.8, 4) is 5.75 Å². The summed E-state index contributed by atoms with van der Waals surface area (Å²) in [5, 5.41) is 0. The van der Waals surface area contributed by atoms with Gasteiger partial charge in [-0.3, -0.25) is 9.78 Å². The molecule has 0 amide bonds. The Labute approximate surface area is 191 Å². The first-order valence-corrected chi connectivity index (χ1v) is 13.4. The lowest BCUT2D eigenvalue weighted by atomic mass is 9.80. The molecule has 1 aliphatic rings. The number of aryl methyl sites for hydroxylation is 1. The van der Waals surface area contributed by atoms with Crippen molar-refractivity contribution < 1.29 is 9.53 Å². The van der Waals surface area contributed by atoms with Gasteiger partial charge in [0.1, 0.15) is 5.75 Å². The molecular weight excluding hydrogens is 382 g/mol. The first-order valence-electron chi connectivity index (χ1n) is 13.4. The maximum absolute atomic E-state index is 12.5. The number of unbranched alkanes of at least 4 members (excludes halogenated alkanes) is 10. The van der Waals surface area contributed by atoms with Crippen LogP contribution in [0.15, 0.2) is 18.3 Å². The zero-order valence-corrected chi connectivity index (χ0v) is 20.4. The first kappa shape index (κ1) is 25.9. The predicted octanol–water partition coefficient (Wildman–Crippen LogP) is 8.45. The third-order valence-electron chi connectivity index (χ3n) is 6.95. The number of carbonyl (C=O) groups excluding carboxylic acids is 1. The molecule has 31 heavy (non-hydrogen) atoms. The summed E-state index contributed by atoms with van der Waals surface area (Å²) in [6.07, 6.45) is 24.7. The number of carbonyl (C=O) groups is 1. The monoisotopic (exact) mass is 429 g/mol. The third kappa shape index (κ3) is 11.2. The SMILES string of the molecule is CCCCCCCCCCCC[C@H]1CC[C@H](C(=O)Oc2ccc(CCCC)nc2)CC1. The van der Waals surface area contributed by atoms with E-state index in [2.05, 4.69) is 18.8 Å². The highest BCUT2D eigenvalue weighted by atomic mass is 16.5. The average Bonchev–Trinajstić information content (AvgIpc) is 2.80. The Kier molecular flexibility index (Phi) is 13.6. The van der Waals surface area contributed by atoms with E-state index in [0.29, 0.717) is 5.75 Å². The number of aromatic nitrogens is 1. The molecular formula is C28H47NO2. The van der Waals surface area contributed by atoms with Crippen molar-refractivity contribution in [1.29, 1.82) is 0 Å². The van der Waals surface area contributed by atoms with E-state index >= 15 is 0 Å². The summed E-state index contributed by atoms with van der Waals surface area (Å²) in [5.74, 6) is 1.43. The summed E-state index contributed by atoms with van der Waals surface area (Å²) >= 11 is 0. The van der Waals surface area contributed by atoms with Crippen molar-refractivity contribution in [2.24, 2.45) is 11.8 Å². The van der Waals surface area contributed by atoms with Gasteiger partial charge in [0.25, 0.3) is 0 Å². The Hall–Kier alpha value is -1.38. The van der Waals surface area contributed by atoms with E-state index in [0.717, 1.165) is 37.3 Å². The fourth-order valence-electron chi connectivity index (χ4n) is 4.78. The van der Waals surface area contributed by atoms with Crippen LogP contribution in [0, 0.1) is 11.8 Å². The summed E-state index contributed by atoms with van der Waals surface area (Å²) in [5.41, 5.74) is 1.08. The highest BCUT2D eigenvalue weighted by Crippen LogP contribution is 2.33. The van der Waals surface area contributed by atoms with Crippen LogP contribution in [0.5, 0.6) is 5.75 Å². The van der Waals surface area contributed by atoms with E-state index in [1.54, 1.807) is 6.20 Å². The van der Waals surface area contributed by atoms with Gasteiger partial charge in [0.05, 0.1) is 12.1 Å². The summed E-state index contributed by atoms with van der Waals surface area (Å²) in [6.45, 7) is 4.46. The van der Waals surface area contributed by atoms with Crippen molar-refractivity contribution in [3.63, 3.8) is 0 Å².